The van der Waals surface area contributed by atoms with Crippen LogP contribution in [0.4, 0.5) is 34.1 Å². The average Bonchev–Trinajstić information content (AvgIpc) is 3.87. The van der Waals surface area contributed by atoms with Crippen LogP contribution in [0, 0.1) is 0 Å². The summed E-state index contributed by atoms with van der Waals surface area (Å²) in [5, 5.41) is 2.56. The van der Waals surface area contributed by atoms with Gasteiger partial charge in [-0.05, 0) is 116 Å². The van der Waals surface area contributed by atoms with E-state index in [9.17, 15) is 0 Å². The van der Waals surface area contributed by atoms with Gasteiger partial charge in [-0.3, -0.25) is 0 Å². The summed E-state index contributed by atoms with van der Waals surface area (Å²) in [4.78, 5) is 5.20. The quantitative estimate of drug-likeness (QED) is 0.166. The molecule has 13 rings (SSSR count). The number of anilines is 6. The highest BCUT2D eigenvalue weighted by Crippen LogP contribution is 2.52. The Hall–Kier alpha value is -6.65. The van der Waals surface area contributed by atoms with Gasteiger partial charge in [0, 0.05) is 44.9 Å². The fourth-order valence-corrected chi connectivity index (χ4v) is 10.7. The summed E-state index contributed by atoms with van der Waals surface area (Å²) in [7, 11) is 0. The Kier molecular flexibility index (Phi) is 5.78. The fraction of sp³-hybridized carbons (Fsp3) is 0.0800. The lowest BCUT2D eigenvalue weighted by atomic mass is 9.41. The molecule has 0 saturated heterocycles. The standard InChI is InChI=1S/C50H36B2N4/c1-50(2,3)33-23-24-40-43(29-33)56(35-17-8-5-9-18-35)49-45-39(38-21-11-14-32-25-27-53(47(32)38)51(40)45)30-41-48(49)55(34-15-6-4-7-16-34)42-22-12-19-36-37-20-10-13-31-26-28-54(46(31)37)52(41)44(36)42/h4-30H,1-3H3. The largest absolute Gasteiger partial charge is 0.382 e. The molecule has 0 amide bonds. The molecule has 0 aliphatic carbocycles. The van der Waals surface area contributed by atoms with Crippen LogP contribution in [0.25, 0.3) is 44.1 Å². The van der Waals surface area contributed by atoms with Gasteiger partial charge in [-0.15, -0.1) is 0 Å². The first-order chi connectivity index (χ1) is 27.5. The molecule has 0 fully saturated rings. The topological polar surface area (TPSA) is 16.3 Å². The van der Waals surface area contributed by atoms with Gasteiger partial charge in [-0.2, -0.15) is 0 Å². The van der Waals surface area contributed by atoms with Crippen LogP contribution in [0.3, 0.4) is 0 Å². The van der Waals surface area contributed by atoms with Crippen LogP contribution in [-0.4, -0.2) is 22.7 Å². The molecule has 4 nitrogen and oxygen atoms in total. The Morgan fingerprint density at radius 1 is 0.429 bits per heavy atom. The second-order valence-corrected chi connectivity index (χ2v) is 17.0. The predicted molar refractivity (Wildman–Crippen MR) is 237 cm³/mol. The molecular formula is C50H36B2N4. The first kappa shape index (κ1) is 30.7. The molecule has 9 aromatic rings. The monoisotopic (exact) mass is 714 g/mol. The van der Waals surface area contributed by atoms with Crippen LogP contribution in [0.5, 0.6) is 0 Å². The van der Waals surface area contributed by atoms with Crippen molar-refractivity contribution in [3.05, 3.63) is 170 Å². The van der Waals surface area contributed by atoms with Crippen LogP contribution >= 0.6 is 0 Å². The Bertz CT molecular complexity index is 3150. The predicted octanol–water partition coefficient (Wildman–Crippen LogP) is 9.73. The summed E-state index contributed by atoms with van der Waals surface area (Å²) in [6, 6.07) is 57.3. The number of hydrogen-bond donors (Lipinski definition) is 0. The normalized spacial score (nSPS) is 14.2. The highest BCUT2D eigenvalue weighted by molar-refractivity contribution is 6.92. The van der Waals surface area contributed by atoms with Crippen molar-refractivity contribution in [1.82, 2.24) is 8.96 Å². The van der Waals surface area contributed by atoms with Crippen molar-refractivity contribution in [3.63, 3.8) is 0 Å². The van der Waals surface area contributed by atoms with E-state index in [0.717, 1.165) is 11.4 Å². The molecule has 0 N–H and O–H groups in total. The van der Waals surface area contributed by atoms with E-state index < -0.39 is 0 Å². The van der Waals surface area contributed by atoms with Gasteiger partial charge in [0.15, 0.2) is 0 Å². The van der Waals surface area contributed by atoms with Crippen LogP contribution in [-0.2, 0) is 5.41 Å². The number of nitrogens with zero attached hydrogens (tertiary/aromatic N) is 4. The molecule has 56 heavy (non-hydrogen) atoms. The Morgan fingerprint density at radius 3 is 1.64 bits per heavy atom. The van der Waals surface area contributed by atoms with Gasteiger partial charge >= 0.3 is 13.7 Å². The molecule has 0 bridgehead atoms. The molecule has 2 aromatic heterocycles. The molecule has 0 radical (unpaired) electrons. The Labute approximate surface area is 327 Å². The lowest BCUT2D eigenvalue weighted by molar-refractivity contribution is 0.590. The van der Waals surface area contributed by atoms with Crippen molar-refractivity contribution >= 4 is 91.5 Å². The summed E-state index contributed by atoms with van der Waals surface area (Å²) in [5.41, 5.74) is 21.8. The van der Waals surface area contributed by atoms with Gasteiger partial charge in [0.25, 0.3) is 0 Å². The molecule has 0 saturated carbocycles. The second kappa shape index (κ2) is 10.6. The van der Waals surface area contributed by atoms with Crippen molar-refractivity contribution in [2.24, 2.45) is 0 Å². The summed E-state index contributed by atoms with van der Waals surface area (Å²) >= 11 is 0. The number of hydrogen-bond acceptors (Lipinski definition) is 2. The summed E-state index contributed by atoms with van der Waals surface area (Å²) in [5.74, 6) is 0. The van der Waals surface area contributed by atoms with Gasteiger partial charge in [0.1, 0.15) is 0 Å². The summed E-state index contributed by atoms with van der Waals surface area (Å²) < 4.78 is 5.14. The second-order valence-electron chi connectivity index (χ2n) is 17.0. The molecular weight excluding hydrogens is 678 g/mol. The first-order valence-corrected chi connectivity index (χ1v) is 19.8. The third-order valence-electron chi connectivity index (χ3n) is 13.0. The number of rotatable bonds is 2. The van der Waals surface area contributed by atoms with Gasteiger partial charge in [-0.1, -0.05) is 124 Å². The molecule has 6 heterocycles. The van der Waals surface area contributed by atoms with E-state index in [1.54, 1.807) is 0 Å². The van der Waals surface area contributed by atoms with Crippen LogP contribution in [0.2, 0.25) is 0 Å². The Morgan fingerprint density at radius 2 is 1.00 bits per heavy atom. The third kappa shape index (κ3) is 3.77. The molecule has 0 unspecified atom stereocenters. The zero-order valence-corrected chi connectivity index (χ0v) is 31.5. The van der Waals surface area contributed by atoms with Crippen molar-refractivity contribution < 1.29 is 0 Å². The molecule has 0 spiro atoms. The zero-order chi connectivity index (χ0) is 37.0. The Balaban J connectivity index is 1.26. The smallest absolute Gasteiger partial charge is 0.332 e. The van der Waals surface area contributed by atoms with Crippen molar-refractivity contribution in [2.75, 3.05) is 9.80 Å². The van der Waals surface area contributed by atoms with Gasteiger partial charge in [0.2, 0.25) is 0 Å². The maximum Gasteiger partial charge on any atom is 0.332 e. The fourth-order valence-electron chi connectivity index (χ4n) is 10.7. The highest BCUT2D eigenvalue weighted by Gasteiger charge is 2.49. The van der Waals surface area contributed by atoms with E-state index in [4.69, 9.17) is 0 Å². The van der Waals surface area contributed by atoms with Crippen molar-refractivity contribution in [3.8, 4) is 22.3 Å². The van der Waals surface area contributed by atoms with Crippen LogP contribution < -0.4 is 31.7 Å². The molecule has 262 valence electrons. The lowest BCUT2D eigenvalue weighted by Crippen LogP contribution is -2.61. The number of para-hydroxylation sites is 4. The minimum absolute atomic E-state index is 0.00241. The number of fused-ring (bicyclic) bond motifs is 9. The SMILES string of the molecule is CC(C)(C)c1ccc2c(c1)N(c1ccccc1)c1c3c(cc4c1N(c1ccccc1)c1cccc5c1B4n1ccc4cccc-5c41)-c1cccc4ccn(c14)B23. The minimum atomic E-state index is -0.0283. The molecule has 4 aliphatic heterocycles. The first-order valence-electron chi connectivity index (χ1n) is 19.8. The molecule has 7 aromatic carbocycles. The maximum atomic E-state index is 2.61. The summed E-state index contributed by atoms with van der Waals surface area (Å²) in [6.07, 6.45) is 4.66. The van der Waals surface area contributed by atoms with Gasteiger partial charge < -0.3 is 18.8 Å². The van der Waals surface area contributed by atoms with Gasteiger partial charge in [0.05, 0.1) is 11.4 Å². The molecule has 4 aliphatic rings. The van der Waals surface area contributed by atoms with E-state index in [1.807, 2.05) is 0 Å². The van der Waals surface area contributed by atoms with E-state index in [2.05, 4.69) is 204 Å². The minimum Gasteiger partial charge on any atom is -0.382 e. The average molecular weight is 714 g/mol. The van der Waals surface area contributed by atoms with Crippen LogP contribution in [0.15, 0.2) is 164 Å². The van der Waals surface area contributed by atoms with E-state index in [1.165, 1.54) is 94.2 Å². The van der Waals surface area contributed by atoms with E-state index in [0.29, 0.717) is 0 Å². The molecule has 0 atom stereocenters. The number of benzene rings is 7. The maximum absolute atomic E-state index is 2.61. The lowest BCUT2D eigenvalue weighted by Gasteiger charge is -2.47. The number of aromatic nitrogens is 2. The third-order valence-corrected chi connectivity index (χ3v) is 13.0. The zero-order valence-electron chi connectivity index (χ0n) is 31.5. The highest BCUT2D eigenvalue weighted by atomic mass is 15.2. The van der Waals surface area contributed by atoms with Crippen molar-refractivity contribution in [1.29, 1.82) is 0 Å². The molecule has 6 heteroatoms. The van der Waals surface area contributed by atoms with Gasteiger partial charge in [-0.25, -0.2) is 0 Å². The van der Waals surface area contributed by atoms with Crippen molar-refractivity contribution in [2.45, 2.75) is 26.2 Å². The summed E-state index contributed by atoms with van der Waals surface area (Å²) in [6.45, 7) is 6.97. The van der Waals surface area contributed by atoms with Crippen LogP contribution in [0.1, 0.15) is 26.3 Å². The van der Waals surface area contributed by atoms with E-state index in [-0.39, 0.29) is 19.1 Å². The van der Waals surface area contributed by atoms with E-state index >= 15 is 0 Å².